The summed E-state index contributed by atoms with van der Waals surface area (Å²) in [5.41, 5.74) is 2.53. The van der Waals surface area contributed by atoms with Gasteiger partial charge in [-0.1, -0.05) is 30.3 Å². The van der Waals surface area contributed by atoms with Gasteiger partial charge in [0, 0.05) is 38.4 Å². The number of nitrogens with zero attached hydrogens (tertiary/aromatic N) is 1. The molecule has 25 heavy (non-hydrogen) atoms. The Morgan fingerprint density at radius 3 is 2.20 bits per heavy atom. The molecule has 0 radical (unpaired) electrons. The first-order valence-corrected chi connectivity index (χ1v) is 8.06. The van der Waals surface area contributed by atoms with Gasteiger partial charge in [-0.3, -0.25) is 4.79 Å². The highest BCUT2D eigenvalue weighted by Gasteiger charge is 2.06. The van der Waals surface area contributed by atoms with Crippen LogP contribution in [0.3, 0.4) is 0 Å². The maximum Gasteiger partial charge on any atom is 0.407 e. The van der Waals surface area contributed by atoms with Gasteiger partial charge in [0.1, 0.15) is 6.61 Å². The van der Waals surface area contributed by atoms with Crippen LogP contribution in [0.2, 0.25) is 0 Å². The standard InChI is InChI=1S/C19H23N3O3/c1-22(2)17-10-8-16(9-11-17)18(23)20-12-13-21-19(24)25-14-15-6-4-3-5-7-15/h3-11H,12-14H2,1-2H3,(H,20,23)(H,21,24). The molecule has 0 aliphatic rings. The van der Waals surface area contributed by atoms with Crippen molar-refractivity contribution in [2.45, 2.75) is 6.61 Å². The zero-order valence-corrected chi connectivity index (χ0v) is 14.5. The lowest BCUT2D eigenvalue weighted by Crippen LogP contribution is -2.34. The van der Waals surface area contributed by atoms with Gasteiger partial charge in [0.15, 0.2) is 0 Å². The average molecular weight is 341 g/mol. The molecule has 0 saturated carbocycles. The monoisotopic (exact) mass is 341 g/mol. The Hall–Kier alpha value is -3.02. The molecule has 132 valence electrons. The van der Waals surface area contributed by atoms with Crippen molar-refractivity contribution in [2.75, 3.05) is 32.1 Å². The van der Waals surface area contributed by atoms with Crippen LogP contribution in [-0.2, 0) is 11.3 Å². The van der Waals surface area contributed by atoms with Crippen molar-refractivity contribution in [2.24, 2.45) is 0 Å². The summed E-state index contributed by atoms with van der Waals surface area (Å²) < 4.78 is 5.09. The predicted molar refractivity (Wildman–Crippen MR) is 97.7 cm³/mol. The maximum absolute atomic E-state index is 12.0. The Labute approximate surface area is 147 Å². The fourth-order valence-corrected chi connectivity index (χ4v) is 2.13. The number of nitrogens with one attached hydrogen (secondary N) is 2. The lowest BCUT2D eigenvalue weighted by Gasteiger charge is -2.12. The van der Waals surface area contributed by atoms with Gasteiger partial charge in [0.05, 0.1) is 0 Å². The third-order valence-electron chi connectivity index (χ3n) is 3.54. The lowest BCUT2D eigenvalue weighted by atomic mass is 10.2. The molecule has 0 bridgehead atoms. The van der Waals surface area contributed by atoms with Gasteiger partial charge in [0.25, 0.3) is 5.91 Å². The van der Waals surface area contributed by atoms with Crippen molar-refractivity contribution in [3.05, 3.63) is 65.7 Å². The number of amides is 2. The number of carbonyl (C=O) groups excluding carboxylic acids is 2. The molecule has 2 aromatic carbocycles. The van der Waals surface area contributed by atoms with Crippen LogP contribution in [0.1, 0.15) is 15.9 Å². The molecule has 0 fully saturated rings. The van der Waals surface area contributed by atoms with E-state index in [0.717, 1.165) is 11.3 Å². The SMILES string of the molecule is CN(C)c1ccc(C(=O)NCCNC(=O)OCc2ccccc2)cc1. The molecular weight excluding hydrogens is 318 g/mol. The highest BCUT2D eigenvalue weighted by atomic mass is 16.5. The fourth-order valence-electron chi connectivity index (χ4n) is 2.13. The van der Waals surface area contributed by atoms with Crippen LogP contribution < -0.4 is 15.5 Å². The van der Waals surface area contributed by atoms with E-state index in [0.29, 0.717) is 18.7 Å². The summed E-state index contributed by atoms with van der Waals surface area (Å²) >= 11 is 0. The van der Waals surface area contributed by atoms with E-state index in [1.54, 1.807) is 12.1 Å². The molecule has 2 N–H and O–H groups in total. The van der Waals surface area contributed by atoms with Crippen LogP contribution in [0.15, 0.2) is 54.6 Å². The van der Waals surface area contributed by atoms with Crippen molar-refractivity contribution in [3.8, 4) is 0 Å². The number of hydrogen-bond acceptors (Lipinski definition) is 4. The molecule has 2 amide bonds. The third-order valence-corrected chi connectivity index (χ3v) is 3.54. The largest absolute Gasteiger partial charge is 0.445 e. The summed E-state index contributed by atoms with van der Waals surface area (Å²) in [6.45, 7) is 0.848. The summed E-state index contributed by atoms with van der Waals surface area (Å²) in [5.74, 6) is -0.176. The van der Waals surface area contributed by atoms with Gasteiger partial charge in [-0.05, 0) is 29.8 Å². The van der Waals surface area contributed by atoms with E-state index in [2.05, 4.69) is 10.6 Å². The second kappa shape index (κ2) is 9.32. The molecule has 0 unspecified atom stereocenters. The van der Waals surface area contributed by atoms with Crippen molar-refractivity contribution in [1.82, 2.24) is 10.6 Å². The molecule has 0 atom stereocenters. The maximum atomic E-state index is 12.0. The van der Waals surface area contributed by atoms with Gasteiger partial charge < -0.3 is 20.3 Å². The molecule has 0 heterocycles. The van der Waals surface area contributed by atoms with E-state index in [4.69, 9.17) is 4.74 Å². The minimum absolute atomic E-state index is 0.176. The Kier molecular flexibility index (Phi) is 6.83. The van der Waals surface area contributed by atoms with Gasteiger partial charge >= 0.3 is 6.09 Å². The zero-order chi connectivity index (χ0) is 18.1. The van der Waals surface area contributed by atoms with Crippen LogP contribution >= 0.6 is 0 Å². The molecular formula is C19H23N3O3. The number of ether oxygens (including phenoxy) is 1. The highest BCUT2D eigenvalue weighted by Crippen LogP contribution is 2.11. The van der Waals surface area contributed by atoms with Crippen LogP contribution in [0.4, 0.5) is 10.5 Å². The number of anilines is 1. The molecule has 0 aliphatic carbocycles. The van der Waals surface area contributed by atoms with E-state index in [1.165, 1.54) is 0 Å². The highest BCUT2D eigenvalue weighted by molar-refractivity contribution is 5.94. The number of alkyl carbamates (subject to hydrolysis) is 1. The van der Waals surface area contributed by atoms with E-state index in [-0.39, 0.29) is 12.5 Å². The van der Waals surface area contributed by atoms with E-state index >= 15 is 0 Å². The van der Waals surface area contributed by atoms with E-state index in [9.17, 15) is 9.59 Å². The fraction of sp³-hybridized carbons (Fsp3) is 0.263. The predicted octanol–water partition coefficient (Wildman–Crippen LogP) is 2.41. The molecule has 0 spiro atoms. The smallest absolute Gasteiger partial charge is 0.407 e. The van der Waals surface area contributed by atoms with Gasteiger partial charge in [0.2, 0.25) is 0 Å². The first-order valence-electron chi connectivity index (χ1n) is 8.06. The Morgan fingerprint density at radius 1 is 0.920 bits per heavy atom. The van der Waals surface area contributed by atoms with Crippen LogP contribution in [-0.4, -0.2) is 39.2 Å². The summed E-state index contributed by atoms with van der Waals surface area (Å²) in [7, 11) is 3.88. The van der Waals surface area contributed by atoms with Crippen LogP contribution in [0.5, 0.6) is 0 Å². The third kappa shape index (κ3) is 6.18. The first-order chi connectivity index (χ1) is 12.1. The van der Waals surface area contributed by atoms with E-state index in [1.807, 2.05) is 61.5 Å². The molecule has 2 aromatic rings. The number of hydrogen-bond donors (Lipinski definition) is 2. The van der Waals surface area contributed by atoms with Crippen molar-refractivity contribution >= 4 is 17.7 Å². The van der Waals surface area contributed by atoms with Crippen LogP contribution in [0, 0.1) is 0 Å². The summed E-state index contributed by atoms with van der Waals surface area (Å²) in [6.07, 6.45) is -0.506. The summed E-state index contributed by atoms with van der Waals surface area (Å²) in [5, 5.41) is 5.36. The summed E-state index contributed by atoms with van der Waals surface area (Å²) in [6, 6.07) is 16.7. The number of rotatable bonds is 7. The molecule has 0 aromatic heterocycles. The Balaban J connectivity index is 1.64. The lowest BCUT2D eigenvalue weighted by molar-refractivity contribution is 0.0951. The minimum atomic E-state index is -0.506. The summed E-state index contributed by atoms with van der Waals surface area (Å²) in [4.78, 5) is 25.6. The van der Waals surface area contributed by atoms with Crippen LogP contribution in [0.25, 0.3) is 0 Å². The molecule has 6 heteroatoms. The van der Waals surface area contributed by atoms with Gasteiger partial charge in [-0.25, -0.2) is 4.79 Å². The zero-order valence-electron chi connectivity index (χ0n) is 14.5. The van der Waals surface area contributed by atoms with Crippen molar-refractivity contribution in [1.29, 1.82) is 0 Å². The topological polar surface area (TPSA) is 70.7 Å². The minimum Gasteiger partial charge on any atom is -0.445 e. The first kappa shape index (κ1) is 18.3. The van der Waals surface area contributed by atoms with Crippen molar-refractivity contribution < 1.29 is 14.3 Å². The quantitative estimate of drug-likeness (QED) is 0.759. The van der Waals surface area contributed by atoms with Gasteiger partial charge in [-0.15, -0.1) is 0 Å². The Morgan fingerprint density at radius 2 is 1.56 bits per heavy atom. The molecule has 2 rings (SSSR count). The molecule has 0 saturated heterocycles. The second-order valence-electron chi connectivity index (χ2n) is 5.69. The van der Waals surface area contributed by atoms with E-state index < -0.39 is 6.09 Å². The van der Waals surface area contributed by atoms with Crippen molar-refractivity contribution in [3.63, 3.8) is 0 Å². The normalized spacial score (nSPS) is 10.0. The second-order valence-corrected chi connectivity index (χ2v) is 5.69. The average Bonchev–Trinajstić information content (AvgIpc) is 2.64. The molecule has 6 nitrogen and oxygen atoms in total. The molecule has 0 aliphatic heterocycles. The number of carbonyl (C=O) groups is 2. The number of benzene rings is 2. The van der Waals surface area contributed by atoms with Gasteiger partial charge in [-0.2, -0.15) is 0 Å². The Bertz CT molecular complexity index is 685.